The quantitative estimate of drug-likeness (QED) is 0.526. The molecule has 2 aromatic heterocycles. The highest BCUT2D eigenvalue weighted by atomic mass is 35.5. The van der Waals surface area contributed by atoms with Crippen molar-refractivity contribution in [3.8, 4) is 12.0 Å². The van der Waals surface area contributed by atoms with Crippen molar-refractivity contribution < 1.29 is 13.2 Å². The van der Waals surface area contributed by atoms with E-state index in [4.69, 9.17) is 11.6 Å². The van der Waals surface area contributed by atoms with E-state index in [0.717, 1.165) is 48.4 Å². The lowest BCUT2D eigenvalue weighted by atomic mass is 10.1. The van der Waals surface area contributed by atoms with Gasteiger partial charge in [0.2, 0.25) is 0 Å². The molecule has 0 unspecified atom stereocenters. The van der Waals surface area contributed by atoms with Crippen molar-refractivity contribution in [2.75, 3.05) is 13.6 Å². The molecule has 3 aromatic rings. The molecule has 0 spiro atoms. The van der Waals surface area contributed by atoms with Gasteiger partial charge in [0, 0.05) is 53.4 Å². The van der Waals surface area contributed by atoms with Crippen molar-refractivity contribution >= 4 is 22.5 Å². The fourth-order valence-corrected chi connectivity index (χ4v) is 3.52. The Labute approximate surface area is 159 Å². The van der Waals surface area contributed by atoms with Crippen molar-refractivity contribution in [3.63, 3.8) is 0 Å². The van der Waals surface area contributed by atoms with Crippen LogP contribution >= 0.6 is 11.6 Å². The first-order valence-electron chi connectivity index (χ1n) is 8.38. The minimum Gasteiger partial charge on any atom is -0.302 e. The van der Waals surface area contributed by atoms with Gasteiger partial charge < -0.3 is 4.90 Å². The molecule has 0 radical (unpaired) electrons. The molecule has 4 rings (SSSR count). The van der Waals surface area contributed by atoms with Gasteiger partial charge in [-0.2, -0.15) is 13.2 Å². The van der Waals surface area contributed by atoms with E-state index < -0.39 is 11.9 Å². The summed E-state index contributed by atoms with van der Waals surface area (Å²) in [4.78, 5) is 5.70. The number of fused-ring (bicyclic) bond motifs is 3. The molecule has 7 heteroatoms. The average Bonchev–Trinajstić information content (AvgIpc) is 2.92. The molecule has 1 aromatic carbocycles. The highest BCUT2D eigenvalue weighted by Crippen LogP contribution is 2.32. The van der Waals surface area contributed by atoms with Crippen LogP contribution in [-0.2, 0) is 19.1 Å². The van der Waals surface area contributed by atoms with Gasteiger partial charge in [-0.25, -0.2) is 0 Å². The Morgan fingerprint density at radius 3 is 2.70 bits per heavy atom. The summed E-state index contributed by atoms with van der Waals surface area (Å²) in [5.74, 6) is 2.93. The summed E-state index contributed by atoms with van der Waals surface area (Å²) in [5.41, 5.74) is 2.78. The number of nitrogens with zero attached hydrogens (tertiary/aromatic N) is 3. The minimum absolute atomic E-state index is 0.431. The van der Waals surface area contributed by atoms with Crippen molar-refractivity contribution in [2.45, 2.75) is 19.1 Å². The molecule has 0 amide bonds. The van der Waals surface area contributed by atoms with E-state index in [1.807, 2.05) is 22.8 Å². The second-order valence-electron chi connectivity index (χ2n) is 6.58. The molecule has 3 nitrogen and oxygen atoms in total. The number of rotatable bonds is 0. The van der Waals surface area contributed by atoms with E-state index in [0.29, 0.717) is 10.6 Å². The molecule has 1 aliphatic heterocycles. The third kappa shape index (κ3) is 3.41. The molecule has 0 atom stereocenters. The van der Waals surface area contributed by atoms with Crippen LogP contribution < -0.4 is 0 Å². The van der Waals surface area contributed by atoms with Gasteiger partial charge in [-0.3, -0.25) is 9.55 Å². The first-order valence-corrected chi connectivity index (χ1v) is 8.76. The van der Waals surface area contributed by atoms with Crippen LogP contribution in [0.25, 0.3) is 10.9 Å². The van der Waals surface area contributed by atoms with E-state index in [-0.39, 0.29) is 0 Å². The van der Waals surface area contributed by atoms with Gasteiger partial charge in [-0.1, -0.05) is 11.6 Å². The van der Waals surface area contributed by atoms with E-state index in [1.165, 1.54) is 11.6 Å². The molecule has 0 bridgehead atoms. The van der Waals surface area contributed by atoms with Crippen LogP contribution in [0.5, 0.6) is 0 Å². The third-order valence-electron chi connectivity index (χ3n) is 4.67. The Bertz CT molecular complexity index is 1070. The van der Waals surface area contributed by atoms with Crippen molar-refractivity contribution in [2.24, 2.45) is 0 Å². The zero-order valence-corrected chi connectivity index (χ0v) is 15.2. The predicted molar refractivity (Wildman–Crippen MR) is 98.5 cm³/mol. The predicted octanol–water partition coefficient (Wildman–Crippen LogP) is 4.55. The van der Waals surface area contributed by atoms with Crippen molar-refractivity contribution in [1.82, 2.24) is 14.5 Å². The summed E-state index contributed by atoms with van der Waals surface area (Å²) in [6.45, 7) is 1.73. The molecule has 138 valence electrons. The zero-order chi connectivity index (χ0) is 19.2. The van der Waals surface area contributed by atoms with Gasteiger partial charge in [0.15, 0.2) is 0 Å². The molecule has 0 N–H and O–H groups in total. The molecule has 0 saturated carbocycles. The van der Waals surface area contributed by atoms with E-state index in [9.17, 15) is 13.2 Å². The van der Waals surface area contributed by atoms with Gasteiger partial charge in [-0.05, 0) is 48.9 Å². The Hall–Kier alpha value is -2.49. The average molecular weight is 390 g/mol. The Kier molecular flexibility index (Phi) is 4.37. The van der Waals surface area contributed by atoms with Crippen LogP contribution in [0, 0.1) is 12.0 Å². The Morgan fingerprint density at radius 1 is 1.19 bits per heavy atom. The zero-order valence-electron chi connectivity index (χ0n) is 14.4. The van der Waals surface area contributed by atoms with Crippen LogP contribution in [0.4, 0.5) is 13.2 Å². The highest BCUT2D eigenvalue weighted by Gasteiger charge is 2.32. The van der Waals surface area contributed by atoms with E-state index in [2.05, 4.69) is 28.9 Å². The van der Waals surface area contributed by atoms with Gasteiger partial charge in [0.1, 0.15) is 5.69 Å². The number of benzene rings is 1. The summed E-state index contributed by atoms with van der Waals surface area (Å²) in [5, 5.41) is 1.72. The Balaban J connectivity index is 1.78. The maximum absolute atomic E-state index is 12.6. The molecule has 27 heavy (non-hydrogen) atoms. The lowest BCUT2D eigenvalue weighted by Gasteiger charge is -2.23. The van der Waals surface area contributed by atoms with Crippen LogP contribution in [0.1, 0.15) is 22.5 Å². The topological polar surface area (TPSA) is 21.1 Å². The molecule has 0 saturated heterocycles. The van der Waals surface area contributed by atoms with Gasteiger partial charge in [0.25, 0.3) is 0 Å². The summed E-state index contributed by atoms with van der Waals surface area (Å²) < 4.78 is 39.8. The SMILES string of the molecule is CN1CCc2c(c3cc(Cl)ccc3n2C#Cc2ccc(C(F)(F)F)nc2)C1. The van der Waals surface area contributed by atoms with Gasteiger partial charge in [0.05, 0.1) is 5.52 Å². The number of likely N-dealkylation sites (N-methyl/N-ethyl adjacent to an activating group) is 1. The largest absolute Gasteiger partial charge is 0.433 e. The molecular formula is C20H15ClF3N3. The number of halogens is 4. The first kappa shape index (κ1) is 17.9. The fourth-order valence-electron chi connectivity index (χ4n) is 3.35. The smallest absolute Gasteiger partial charge is 0.302 e. The monoisotopic (exact) mass is 389 g/mol. The van der Waals surface area contributed by atoms with Crippen LogP contribution in [0.15, 0.2) is 36.5 Å². The van der Waals surface area contributed by atoms with E-state index >= 15 is 0 Å². The second kappa shape index (κ2) is 6.59. The number of alkyl halides is 3. The highest BCUT2D eigenvalue weighted by molar-refractivity contribution is 6.31. The lowest BCUT2D eigenvalue weighted by molar-refractivity contribution is -0.141. The maximum Gasteiger partial charge on any atom is 0.433 e. The first-order chi connectivity index (χ1) is 12.8. The van der Waals surface area contributed by atoms with Crippen molar-refractivity contribution in [1.29, 1.82) is 0 Å². The normalized spacial score (nSPS) is 14.7. The third-order valence-corrected chi connectivity index (χ3v) is 4.90. The second-order valence-corrected chi connectivity index (χ2v) is 7.01. The molecule has 3 heterocycles. The fraction of sp³-hybridized carbons (Fsp3) is 0.250. The minimum atomic E-state index is -4.45. The summed E-state index contributed by atoms with van der Waals surface area (Å²) >= 11 is 6.17. The van der Waals surface area contributed by atoms with Crippen LogP contribution in [-0.4, -0.2) is 28.0 Å². The van der Waals surface area contributed by atoms with E-state index in [1.54, 1.807) is 0 Å². The van der Waals surface area contributed by atoms with Gasteiger partial charge in [-0.15, -0.1) is 0 Å². The number of pyridine rings is 1. The summed E-state index contributed by atoms with van der Waals surface area (Å²) in [7, 11) is 2.07. The molecule has 0 fully saturated rings. The number of hydrogen-bond donors (Lipinski definition) is 0. The lowest BCUT2D eigenvalue weighted by Crippen LogP contribution is -2.27. The molecular weight excluding hydrogens is 375 g/mol. The van der Waals surface area contributed by atoms with Crippen LogP contribution in [0.2, 0.25) is 5.02 Å². The Morgan fingerprint density at radius 2 is 2.00 bits per heavy atom. The number of aromatic nitrogens is 2. The molecule has 1 aliphatic rings. The maximum atomic E-state index is 12.6. The van der Waals surface area contributed by atoms with Gasteiger partial charge >= 0.3 is 6.18 Å². The standard InChI is InChI=1S/C20H15ClF3N3/c1-26-8-7-18-16(12-26)15-10-14(21)3-4-17(15)27(18)9-6-13-2-5-19(25-11-13)20(22,23)24/h2-5,10-11H,7-8,12H2,1H3. The summed E-state index contributed by atoms with van der Waals surface area (Å²) in [6.07, 6.45) is -2.45. The number of hydrogen-bond acceptors (Lipinski definition) is 2. The van der Waals surface area contributed by atoms with Crippen LogP contribution in [0.3, 0.4) is 0 Å². The summed E-state index contributed by atoms with van der Waals surface area (Å²) in [6, 6.07) is 11.1. The molecule has 0 aliphatic carbocycles. The van der Waals surface area contributed by atoms with Crippen molar-refractivity contribution in [3.05, 3.63) is 64.1 Å².